The summed E-state index contributed by atoms with van der Waals surface area (Å²) >= 11 is 0. The van der Waals surface area contributed by atoms with Crippen molar-refractivity contribution in [2.75, 3.05) is 0 Å². The molecule has 0 amide bonds. The van der Waals surface area contributed by atoms with E-state index in [1.54, 1.807) is 0 Å². The number of aliphatic hydroxyl groups is 1. The molecule has 4 fully saturated rings. The maximum Gasteiger partial charge on any atom is 0.0543 e. The smallest absolute Gasteiger partial charge is 0.0543 e. The zero-order chi connectivity index (χ0) is 21.4. The molecular formula is C28H45NO. The van der Waals surface area contributed by atoms with E-state index in [-0.39, 0.29) is 6.10 Å². The fourth-order valence-electron chi connectivity index (χ4n) is 8.71. The Morgan fingerprint density at radius 1 is 0.967 bits per heavy atom. The Morgan fingerprint density at radius 3 is 2.50 bits per heavy atom. The van der Waals surface area contributed by atoms with Gasteiger partial charge in [0.05, 0.1) is 6.10 Å². The minimum Gasteiger partial charge on any atom is -0.393 e. The first-order chi connectivity index (χ1) is 14.5. The molecule has 7 unspecified atom stereocenters. The second-order valence-electron chi connectivity index (χ2n) is 11.3. The molecule has 0 aliphatic heterocycles. The molecule has 1 aromatic rings. The van der Waals surface area contributed by atoms with Crippen LogP contribution in [0.1, 0.15) is 97.5 Å². The molecule has 0 radical (unpaired) electrons. The lowest BCUT2D eigenvalue weighted by atomic mass is 9.44. The van der Waals surface area contributed by atoms with Gasteiger partial charge in [-0.1, -0.05) is 33.8 Å². The molecule has 4 saturated carbocycles. The molecule has 2 nitrogen and oxygen atoms in total. The SMILES string of the molecule is CC.CC12CCC(O)CC1CCC1C2CCC2(C)C1CC[C@@H]2CCc1cccnc1. The third-order valence-electron chi connectivity index (χ3n) is 10.3. The molecule has 1 aromatic heterocycles. The van der Waals surface area contributed by atoms with Gasteiger partial charge in [0.1, 0.15) is 0 Å². The first-order valence-electron chi connectivity index (χ1n) is 13.1. The molecule has 1 N–H and O–H groups in total. The van der Waals surface area contributed by atoms with Crippen molar-refractivity contribution < 1.29 is 5.11 Å². The number of nitrogens with zero attached hydrogens (tertiary/aromatic N) is 1. The second-order valence-corrected chi connectivity index (χ2v) is 11.3. The van der Waals surface area contributed by atoms with Crippen molar-refractivity contribution in [3.8, 4) is 0 Å². The number of hydrogen-bond donors (Lipinski definition) is 1. The lowest BCUT2D eigenvalue weighted by Crippen LogP contribution is -2.53. The van der Waals surface area contributed by atoms with Crippen molar-refractivity contribution in [3.05, 3.63) is 30.1 Å². The summed E-state index contributed by atoms with van der Waals surface area (Å²) in [6.07, 6.45) is 18.5. The highest BCUT2D eigenvalue weighted by Gasteiger charge is 2.59. The Balaban J connectivity index is 0.00000106. The Labute approximate surface area is 185 Å². The van der Waals surface area contributed by atoms with Crippen LogP contribution in [0.25, 0.3) is 0 Å². The third-order valence-corrected chi connectivity index (χ3v) is 10.3. The monoisotopic (exact) mass is 411 g/mol. The van der Waals surface area contributed by atoms with E-state index >= 15 is 0 Å². The molecule has 30 heavy (non-hydrogen) atoms. The van der Waals surface area contributed by atoms with Crippen molar-refractivity contribution in [1.82, 2.24) is 4.98 Å². The van der Waals surface area contributed by atoms with E-state index in [1.165, 1.54) is 63.4 Å². The van der Waals surface area contributed by atoms with Gasteiger partial charge in [-0.3, -0.25) is 4.98 Å². The van der Waals surface area contributed by atoms with Crippen molar-refractivity contribution in [3.63, 3.8) is 0 Å². The fourth-order valence-corrected chi connectivity index (χ4v) is 8.71. The average Bonchev–Trinajstić information content (AvgIpc) is 3.11. The maximum absolute atomic E-state index is 10.2. The van der Waals surface area contributed by atoms with Crippen LogP contribution >= 0.6 is 0 Å². The topological polar surface area (TPSA) is 33.1 Å². The van der Waals surface area contributed by atoms with E-state index in [0.29, 0.717) is 10.8 Å². The predicted molar refractivity (Wildman–Crippen MR) is 125 cm³/mol. The summed E-state index contributed by atoms with van der Waals surface area (Å²) in [6, 6.07) is 4.33. The van der Waals surface area contributed by atoms with E-state index < -0.39 is 0 Å². The summed E-state index contributed by atoms with van der Waals surface area (Å²) in [5.41, 5.74) is 2.50. The van der Waals surface area contributed by atoms with Crippen molar-refractivity contribution >= 4 is 0 Å². The number of hydrogen-bond acceptors (Lipinski definition) is 2. The van der Waals surface area contributed by atoms with Crippen LogP contribution in [0.15, 0.2) is 24.5 Å². The van der Waals surface area contributed by atoms with Crippen molar-refractivity contribution in [2.45, 2.75) is 104 Å². The molecular weight excluding hydrogens is 366 g/mol. The van der Waals surface area contributed by atoms with Gasteiger partial charge in [0.2, 0.25) is 0 Å². The highest BCUT2D eigenvalue weighted by atomic mass is 16.3. The highest BCUT2D eigenvalue weighted by molar-refractivity contribution is 5.12. The van der Waals surface area contributed by atoms with Crippen LogP contribution in [0.4, 0.5) is 0 Å². The van der Waals surface area contributed by atoms with Gasteiger partial charge in [0, 0.05) is 12.4 Å². The Morgan fingerprint density at radius 2 is 1.73 bits per heavy atom. The van der Waals surface area contributed by atoms with Crippen LogP contribution in [0.2, 0.25) is 0 Å². The number of aliphatic hydroxyl groups excluding tert-OH is 1. The number of pyridine rings is 1. The molecule has 5 rings (SSSR count). The van der Waals surface area contributed by atoms with Crippen LogP contribution in [-0.2, 0) is 6.42 Å². The van der Waals surface area contributed by atoms with Gasteiger partial charge in [0.25, 0.3) is 0 Å². The van der Waals surface area contributed by atoms with E-state index in [1.807, 2.05) is 20.0 Å². The number of aromatic nitrogens is 1. The Kier molecular flexibility index (Phi) is 6.64. The van der Waals surface area contributed by atoms with E-state index in [0.717, 1.165) is 42.4 Å². The third kappa shape index (κ3) is 3.76. The first-order valence-corrected chi connectivity index (χ1v) is 13.1. The van der Waals surface area contributed by atoms with Crippen molar-refractivity contribution in [2.24, 2.45) is 40.4 Å². The number of fused-ring (bicyclic) bond motifs is 5. The van der Waals surface area contributed by atoms with Gasteiger partial charge in [-0.05, 0) is 123 Å². The zero-order valence-corrected chi connectivity index (χ0v) is 19.9. The highest BCUT2D eigenvalue weighted by Crippen LogP contribution is 2.67. The summed E-state index contributed by atoms with van der Waals surface area (Å²) < 4.78 is 0. The Hall–Kier alpha value is -0.890. The van der Waals surface area contributed by atoms with Crippen molar-refractivity contribution in [1.29, 1.82) is 0 Å². The first kappa shape index (κ1) is 22.3. The van der Waals surface area contributed by atoms with Crippen LogP contribution in [0.5, 0.6) is 0 Å². The summed E-state index contributed by atoms with van der Waals surface area (Å²) in [6.45, 7) is 9.27. The van der Waals surface area contributed by atoms with Gasteiger partial charge in [-0.2, -0.15) is 0 Å². The largest absolute Gasteiger partial charge is 0.393 e. The summed E-state index contributed by atoms with van der Waals surface area (Å²) in [7, 11) is 0. The summed E-state index contributed by atoms with van der Waals surface area (Å²) in [5.74, 6) is 4.52. The molecule has 0 aromatic carbocycles. The molecule has 0 saturated heterocycles. The average molecular weight is 412 g/mol. The Bertz CT molecular complexity index is 689. The lowest BCUT2D eigenvalue weighted by molar-refractivity contribution is -0.126. The lowest BCUT2D eigenvalue weighted by Gasteiger charge is -2.61. The quantitative estimate of drug-likeness (QED) is 0.577. The molecule has 4 aliphatic carbocycles. The summed E-state index contributed by atoms with van der Waals surface area (Å²) in [4.78, 5) is 4.32. The molecule has 8 atom stereocenters. The van der Waals surface area contributed by atoms with Crippen LogP contribution < -0.4 is 0 Å². The number of rotatable bonds is 3. The van der Waals surface area contributed by atoms with Crippen LogP contribution in [0, 0.1) is 40.4 Å². The van der Waals surface area contributed by atoms with Gasteiger partial charge < -0.3 is 5.11 Å². The van der Waals surface area contributed by atoms with Gasteiger partial charge >= 0.3 is 0 Å². The minimum atomic E-state index is -0.0215. The standard InChI is InChI=1S/C26H39NO.C2H6/c1-25-14-12-24-22(9-7-20-16-21(28)11-13-26(20,24)2)23(25)10-8-19(25)6-5-18-4-3-15-27-17-18;1-2/h3-4,15,17,19-24,28H,5-14,16H2,1-2H3;1-2H3/t19-,20?,21?,22?,23?,24?,25?,26?;/m0./s1. The van der Waals surface area contributed by atoms with Crippen LogP contribution in [0.3, 0.4) is 0 Å². The van der Waals surface area contributed by atoms with E-state index in [4.69, 9.17) is 0 Å². The van der Waals surface area contributed by atoms with E-state index in [2.05, 4.69) is 37.2 Å². The maximum atomic E-state index is 10.2. The molecule has 4 aliphatic rings. The van der Waals surface area contributed by atoms with Gasteiger partial charge in [-0.15, -0.1) is 0 Å². The van der Waals surface area contributed by atoms with Gasteiger partial charge in [-0.25, -0.2) is 0 Å². The molecule has 0 spiro atoms. The van der Waals surface area contributed by atoms with E-state index in [9.17, 15) is 5.11 Å². The van der Waals surface area contributed by atoms with Crippen LogP contribution in [-0.4, -0.2) is 16.2 Å². The minimum absolute atomic E-state index is 0.0215. The predicted octanol–water partition coefficient (Wildman–Crippen LogP) is 7.06. The fraction of sp³-hybridized carbons (Fsp3) is 0.821. The molecule has 1 heterocycles. The molecule has 0 bridgehead atoms. The second kappa shape index (κ2) is 8.93. The molecule has 168 valence electrons. The zero-order valence-electron chi connectivity index (χ0n) is 19.9. The molecule has 2 heteroatoms. The summed E-state index contributed by atoms with van der Waals surface area (Å²) in [5, 5.41) is 10.2. The number of aryl methyl sites for hydroxylation is 1. The normalized spacial score (nSPS) is 44.8. The van der Waals surface area contributed by atoms with Gasteiger partial charge in [0.15, 0.2) is 0 Å².